The lowest BCUT2D eigenvalue weighted by molar-refractivity contribution is -0.385. The predicted molar refractivity (Wildman–Crippen MR) is 110 cm³/mol. The van der Waals surface area contributed by atoms with Crippen LogP contribution in [0.5, 0.6) is 5.75 Å². The van der Waals surface area contributed by atoms with Gasteiger partial charge in [-0.25, -0.2) is 9.97 Å². The molecule has 2 aromatic heterocycles. The summed E-state index contributed by atoms with van der Waals surface area (Å²) >= 11 is 0. The normalized spacial score (nSPS) is 11.9. The second-order valence-electron chi connectivity index (χ2n) is 6.70. The van der Waals surface area contributed by atoms with Gasteiger partial charge >= 0.3 is 0 Å². The van der Waals surface area contributed by atoms with E-state index in [9.17, 15) is 15.2 Å². The molecule has 0 fully saturated rings. The average molecular weight is 387 g/mol. The average Bonchev–Trinajstić information content (AvgIpc) is 2.74. The third-order valence-electron chi connectivity index (χ3n) is 4.77. The molecule has 7 nitrogen and oxygen atoms in total. The quantitative estimate of drug-likeness (QED) is 0.395. The van der Waals surface area contributed by atoms with Crippen molar-refractivity contribution in [3.63, 3.8) is 0 Å². The zero-order valence-corrected chi connectivity index (χ0v) is 15.7. The second-order valence-corrected chi connectivity index (χ2v) is 6.70. The summed E-state index contributed by atoms with van der Waals surface area (Å²) in [5.41, 5.74) is 2.15. The number of rotatable bonds is 5. The van der Waals surface area contributed by atoms with Crippen molar-refractivity contribution in [2.24, 2.45) is 0 Å². The number of H-pyrrole nitrogens is 1. The van der Waals surface area contributed by atoms with E-state index in [-0.39, 0.29) is 11.4 Å². The molecular weight excluding hydrogens is 368 g/mol. The highest BCUT2D eigenvalue weighted by Gasteiger charge is 2.30. The summed E-state index contributed by atoms with van der Waals surface area (Å²) in [7, 11) is 0. The zero-order valence-electron chi connectivity index (χ0n) is 15.7. The van der Waals surface area contributed by atoms with Gasteiger partial charge in [0.05, 0.1) is 16.7 Å². The number of aromatic nitrogens is 2. The molecule has 0 spiro atoms. The van der Waals surface area contributed by atoms with Crippen LogP contribution in [0.15, 0.2) is 72.9 Å². The Kier molecular flexibility index (Phi) is 4.78. The molecule has 0 aliphatic carbocycles. The van der Waals surface area contributed by atoms with E-state index in [1.54, 1.807) is 30.5 Å². The molecule has 7 heteroatoms. The Balaban J connectivity index is 1.93. The molecule has 0 radical (unpaired) electrons. The highest BCUT2D eigenvalue weighted by Crippen LogP contribution is 2.39. The molecule has 2 heterocycles. The highest BCUT2D eigenvalue weighted by molar-refractivity contribution is 5.86. The van der Waals surface area contributed by atoms with Gasteiger partial charge in [0, 0.05) is 28.8 Å². The number of hydrogen-bond donors (Lipinski definition) is 2. The van der Waals surface area contributed by atoms with E-state index in [2.05, 4.69) is 15.3 Å². The molecular formula is C22H19N4O3+. The topological polar surface area (TPSA) is 102 Å². The Morgan fingerprint density at radius 2 is 1.79 bits per heavy atom. The summed E-state index contributed by atoms with van der Waals surface area (Å²) in [5, 5.41) is 26.8. The lowest BCUT2D eigenvalue weighted by atomic mass is 9.95. The van der Waals surface area contributed by atoms with Gasteiger partial charge in [-0.15, -0.1) is 0 Å². The van der Waals surface area contributed by atoms with Crippen LogP contribution in [0.1, 0.15) is 22.9 Å². The second kappa shape index (κ2) is 7.55. The molecule has 1 atom stereocenters. The number of anilines is 1. The van der Waals surface area contributed by atoms with E-state index in [0.29, 0.717) is 22.5 Å². The highest BCUT2D eigenvalue weighted by atomic mass is 16.6. The van der Waals surface area contributed by atoms with Gasteiger partial charge in [-0.05, 0) is 31.2 Å². The van der Waals surface area contributed by atoms with Gasteiger partial charge in [0.25, 0.3) is 11.5 Å². The van der Waals surface area contributed by atoms with Crippen LogP contribution < -0.4 is 10.3 Å². The Morgan fingerprint density at radius 3 is 2.55 bits per heavy atom. The molecule has 29 heavy (non-hydrogen) atoms. The first-order valence-electron chi connectivity index (χ1n) is 9.10. The Bertz CT molecular complexity index is 1200. The summed E-state index contributed by atoms with van der Waals surface area (Å²) in [6.07, 6.45) is 1.75. The number of aromatic amines is 1. The summed E-state index contributed by atoms with van der Waals surface area (Å²) in [5.74, 6) is 0.658. The van der Waals surface area contributed by atoms with Crippen LogP contribution in [-0.4, -0.2) is 15.0 Å². The van der Waals surface area contributed by atoms with E-state index < -0.39 is 11.0 Å². The van der Waals surface area contributed by atoms with Crippen molar-refractivity contribution in [1.82, 2.24) is 4.98 Å². The van der Waals surface area contributed by atoms with E-state index in [0.717, 1.165) is 11.1 Å². The van der Waals surface area contributed by atoms with E-state index in [4.69, 9.17) is 0 Å². The number of fused-ring (bicyclic) bond motifs is 1. The van der Waals surface area contributed by atoms with Crippen LogP contribution in [0.25, 0.3) is 10.9 Å². The molecule has 3 N–H and O–H groups in total. The number of nitrogens with one attached hydrogen (secondary N) is 2. The molecule has 0 aliphatic heterocycles. The Morgan fingerprint density at radius 1 is 1.03 bits per heavy atom. The van der Waals surface area contributed by atoms with Gasteiger partial charge in [0.15, 0.2) is 6.04 Å². The number of nitrogens with zero attached hydrogens (tertiary/aromatic N) is 2. The molecule has 0 saturated carbocycles. The largest absolute Gasteiger partial charge is 0.505 e. The van der Waals surface area contributed by atoms with E-state index in [1.165, 1.54) is 6.07 Å². The first-order chi connectivity index (χ1) is 14.0. The van der Waals surface area contributed by atoms with Crippen LogP contribution >= 0.6 is 0 Å². The predicted octanol–water partition coefficient (Wildman–Crippen LogP) is 4.17. The van der Waals surface area contributed by atoms with Crippen molar-refractivity contribution in [3.05, 3.63) is 99.9 Å². The summed E-state index contributed by atoms with van der Waals surface area (Å²) in [6.45, 7) is 1.85. The third kappa shape index (κ3) is 3.58. The van der Waals surface area contributed by atoms with E-state index in [1.807, 2.05) is 43.3 Å². The zero-order chi connectivity index (χ0) is 20.4. The summed E-state index contributed by atoms with van der Waals surface area (Å²) < 4.78 is 0. The van der Waals surface area contributed by atoms with Crippen LogP contribution in [0, 0.1) is 17.0 Å². The molecule has 2 aromatic carbocycles. The van der Waals surface area contributed by atoms with Gasteiger partial charge in [-0.1, -0.05) is 30.3 Å². The molecule has 0 saturated heterocycles. The first-order valence-corrected chi connectivity index (χ1v) is 9.10. The fraction of sp³-hybridized carbons (Fsp3) is 0.0909. The molecule has 4 rings (SSSR count). The van der Waals surface area contributed by atoms with Gasteiger partial charge in [-0.2, -0.15) is 0 Å². The SMILES string of the molecule is Cc1ccc2ccc([C@H](Nc3cccc[nH+]3)c3ccccc3[N+](=O)[O-])c(O)c2n1. The molecule has 0 amide bonds. The van der Waals surface area contributed by atoms with Crippen LogP contribution in [0.4, 0.5) is 11.5 Å². The number of nitro benzene ring substituents is 1. The maximum Gasteiger partial charge on any atom is 0.277 e. The minimum atomic E-state index is -0.665. The Hall–Kier alpha value is -4.00. The lowest BCUT2D eigenvalue weighted by Crippen LogP contribution is -2.19. The maximum atomic E-state index is 11.6. The number of para-hydroxylation sites is 1. The van der Waals surface area contributed by atoms with E-state index >= 15 is 0 Å². The van der Waals surface area contributed by atoms with Crippen LogP contribution in [0.2, 0.25) is 0 Å². The van der Waals surface area contributed by atoms with Gasteiger partial charge in [0.2, 0.25) is 0 Å². The molecule has 0 bridgehead atoms. The van der Waals surface area contributed by atoms with Crippen molar-refractivity contribution in [1.29, 1.82) is 0 Å². The lowest BCUT2D eigenvalue weighted by Gasteiger charge is -2.17. The minimum absolute atomic E-state index is 0.00205. The maximum absolute atomic E-state index is 11.6. The number of pyridine rings is 2. The van der Waals surface area contributed by atoms with Crippen LogP contribution in [-0.2, 0) is 0 Å². The number of phenolic OH excluding ortho intramolecular Hbond substituents is 1. The van der Waals surface area contributed by atoms with Gasteiger partial charge in [0.1, 0.15) is 11.3 Å². The molecule has 0 aliphatic rings. The fourth-order valence-electron chi connectivity index (χ4n) is 3.38. The number of hydrogen-bond acceptors (Lipinski definition) is 5. The number of nitro groups is 1. The number of aromatic hydroxyl groups is 1. The fourth-order valence-corrected chi connectivity index (χ4v) is 3.38. The number of benzene rings is 2. The monoisotopic (exact) mass is 387 g/mol. The Labute approximate surface area is 166 Å². The van der Waals surface area contributed by atoms with Crippen molar-refractivity contribution in [2.45, 2.75) is 13.0 Å². The number of phenols is 1. The summed E-state index contributed by atoms with van der Waals surface area (Å²) in [4.78, 5) is 18.8. The standard InChI is InChI=1S/C22H18N4O3/c1-14-9-10-15-11-12-17(22(27)20(15)24-14)21(25-19-8-4-5-13-23-19)16-6-2-3-7-18(16)26(28)29/h2-13,21,27H,1H3,(H,23,25)/p+1/t21-/m1/s1. The van der Waals surface area contributed by atoms with Crippen molar-refractivity contribution < 1.29 is 15.0 Å². The van der Waals surface area contributed by atoms with Crippen molar-refractivity contribution >= 4 is 22.4 Å². The molecule has 4 aromatic rings. The van der Waals surface area contributed by atoms with Crippen molar-refractivity contribution in [2.75, 3.05) is 5.32 Å². The van der Waals surface area contributed by atoms with Gasteiger partial charge < -0.3 is 5.11 Å². The van der Waals surface area contributed by atoms with Crippen LogP contribution in [0.3, 0.4) is 0 Å². The smallest absolute Gasteiger partial charge is 0.277 e. The van der Waals surface area contributed by atoms with Crippen molar-refractivity contribution in [3.8, 4) is 5.75 Å². The number of aryl methyl sites for hydroxylation is 1. The first kappa shape index (κ1) is 18.4. The third-order valence-corrected chi connectivity index (χ3v) is 4.77. The molecule has 144 valence electrons. The summed E-state index contributed by atoms with van der Waals surface area (Å²) in [6, 6.07) is 18.7. The minimum Gasteiger partial charge on any atom is -0.505 e. The van der Waals surface area contributed by atoms with Gasteiger partial charge in [-0.3, -0.25) is 15.4 Å². The molecule has 0 unspecified atom stereocenters.